The average molecular weight is 387 g/mol. The molecule has 0 bridgehead atoms. The molecule has 3 N–H and O–H groups in total. The van der Waals surface area contributed by atoms with E-state index < -0.39 is 23.3 Å². The predicted molar refractivity (Wildman–Crippen MR) is 98.6 cm³/mol. The fourth-order valence-corrected chi connectivity index (χ4v) is 3.40. The summed E-state index contributed by atoms with van der Waals surface area (Å²) < 4.78 is 35.9. The number of nitrogens with two attached hydrogens (primary N) is 1. The van der Waals surface area contributed by atoms with Crippen LogP contribution < -0.4 is 15.8 Å². The number of aldehydes is 1. The van der Waals surface area contributed by atoms with Crippen molar-refractivity contribution in [2.45, 2.75) is 31.9 Å². The van der Waals surface area contributed by atoms with Crippen molar-refractivity contribution in [2.24, 2.45) is 5.73 Å². The van der Waals surface area contributed by atoms with Gasteiger partial charge in [0.25, 0.3) is 0 Å². The highest BCUT2D eigenvalue weighted by Gasteiger charge is 2.39. The van der Waals surface area contributed by atoms with Crippen molar-refractivity contribution in [3.63, 3.8) is 0 Å². The van der Waals surface area contributed by atoms with Gasteiger partial charge >= 0.3 is 0 Å². The summed E-state index contributed by atoms with van der Waals surface area (Å²) in [6, 6.07) is 2.36. The lowest BCUT2D eigenvalue weighted by Crippen LogP contribution is -2.39. The molecule has 1 aliphatic heterocycles. The minimum Gasteiger partial charge on any atom is -0.485 e. The van der Waals surface area contributed by atoms with E-state index in [1.807, 2.05) is 0 Å². The Labute approximate surface area is 159 Å². The number of nitrogens with one attached hydrogen (secondary N) is 1. The Morgan fingerprint density at radius 1 is 1.50 bits per heavy atom. The standard InChI is InChI=1S/C19H19F2N5O2/c1-10(24-15-3-4-26-18(25-15)11(8-27)7-23-26)12-5-14(20)16(21)13-6-19(2,9-22)28-17(12)13/h3-5,7-8,10H,6,9,22H2,1-2H3,(H,24,25)/t10-,19?/m1/s1. The second-order valence-corrected chi connectivity index (χ2v) is 7.17. The van der Waals surface area contributed by atoms with Gasteiger partial charge in [0.1, 0.15) is 17.2 Å². The van der Waals surface area contributed by atoms with Gasteiger partial charge in [0.05, 0.1) is 17.8 Å². The fraction of sp³-hybridized carbons (Fsp3) is 0.316. The Morgan fingerprint density at radius 3 is 3.00 bits per heavy atom. The van der Waals surface area contributed by atoms with Gasteiger partial charge in [-0.15, -0.1) is 0 Å². The molecule has 9 heteroatoms. The molecular weight excluding hydrogens is 368 g/mol. The van der Waals surface area contributed by atoms with E-state index in [1.165, 1.54) is 10.7 Å². The summed E-state index contributed by atoms with van der Waals surface area (Å²) in [4.78, 5) is 15.5. The van der Waals surface area contributed by atoms with E-state index in [-0.39, 0.29) is 18.5 Å². The Hall–Kier alpha value is -3.07. The van der Waals surface area contributed by atoms with Gasteiger partial charge in [-0.25, -0.2) is 18.3 Å². The maximum Gasteiger partial charge on any atom is 0.167 e. The summed E-state index contributed by atoms with van der Waals surface area (Å²) >= 11 is 0. The molecule has 2 atom stereocenters. The van der Waals surface area contributed by atoms with Crippen LogP contribution in [0.2, 0.25) is 0 Å². The van der Waals surface area contributed by atoms with E-state index in [2.05, 4.69) is 15.4 Å². The van der Waals surface area contributed by atoms with Crippen LogP contribution in [-0.4, -0.2) is 33.0 Å². The van der Waals surface area contributed by atoms with E-state index in [9.17, 15) is 13.6 Å². The number of rotatable bonds is 5. The second-order valence-electron chi connectivity index (χ2n) is 7.17. The zero-order chi connectivity index (χ0) is 20.1. The lowest BCUT2D eigenvalue weighted by Gasteiger charge is -2.23. The van der Waals surface area contributed by atoms with Crippen LogP contribution in [0.1, 0.15) is 41.4 Å². The SMILES string of the molecule is C[C@@H](Nc1ccn2ncc(C=O)c2n1)c1cc(F)c(F)c2c1OC(C)(CN)C2. The molecule has 146 valence electrons. The van der Waals surface area contributed by atoms with Crippen LogP contribution in [0.15, 0.2) is 24.5 Å². The summed E-state index contributed by atoms with van der Waals surface area (Å²) in [7, 11) is 0. The number of ether oxygens (including phenoxy) is 1. The zero-order valence-corrected chi connectivity index (χ0v) is 15.4. The maximum absolute atomic E-state index is 14.3. The molecule has 0 saturated carbocycles. The summed E-state index contributed by atoms with van der Waals surface area (Å²) in [6.45, 7) is 3.73. The number of fused-ring (bicyclic) bond motifs is 2. The van der Waals surface area contributed by atoms with Gasteiger partial charge in [-0.05, 0) is 26.0 Å². The first-order chi connectivity index (χ1) is 13.3. The molecule has 28 heavy (non-hydrogen) atoms. The summed E-state index contributed by atoms with van der Waals surface area (Å²) in [5.41, 5.74) is 6.39. The van der Waals surface area contributed by atoms with Gasteiger partial charge < -0.3 is 15.8 Å². The van der Waals surface area contributed by atoms with Crippen molar-refractivity contribution in [1.82, 2.24) is 14.6 Å². The Kier molecular flexibility index (Phi) is 4.26. The Morgan fingerprint density at radius 2 is 2.29 bits per heavy atom. The van der Waals surface area contributed by atoms with E-state index in [0.717, 1.165) is 6.07 Å². The highest BCUT2D eigenvalue weighted by atomic mass is 19.2. The first kappa shape index (κ1) is 18.3. The van der Waals surface area contributed by atoms with Crippen LogP contribution in [0.3, 0.4) is 0 Å². The van der Waals surface area contributed by atoms with Crippen LogP contribution in [0, 0.1) is 11.6 Å². The first-order valence-corrected chi connectivity index (χ1v) is 8.81. The molecule has 0 aliphatic carbocycles. The quantitative estimate of drug-likeness (QED) is 0.654. The second kappa shape index (κ2) is 6.52. The third-order valence-corrected chi connectivity index (χ3v) is 4.98. The van der Waals surface area contributed by atoms with Gasteiger partial charge in [-0.1, -0.05) is 0 Å². The number of carbonyl (C=O) groups excluding carboxylic acids is 1. The molecule has 3 heterocycles. The zero-order valence-electron chi connectivity index (χ0n) is 15.4. The van der Waals surface area contributed by atoms with Crippen molar-refractivity contribution < 1.29 is 18.3 Å². The topological polar surface area (TPSA) is 94.5 Å². The molecule has 0 spiro atoms. The Balaban J connectivity index is 1.70. The molecule has 0 radical (unpaired) electrons. The lowest BCUT2D eigenvalue weighted by atomic mass is 9.96. The third kappa shape index (κ3) is 2.88. The highest BCUT2D eigenvalue weighted by Crippen LogP contribution is 2.42. The molecule has 0 saturated heterocycles. The predicted octanol–water partition coefficient (Wildman–Crippen LogP) is 2.65. The number of nitrogens with zero attached hydrogens (tertiary/aromatic N) is 3. The van der Waals surface area contributed by atoms with E-state index in [4.69, 9.17) is 10.5 Å². The number of halogens is 2. The minimum absolute atomic E-state index is 0.178. The minimum atomic E-state index is -0.935. The summed E-state index contributed by atoms with van der Waals surface area (Å²) in [5, 5.41) is 7.18. The van der Waals surface area contributed by atoms with E-state index >= 15 is 0 Å². The van der Waals surface area contributed by atoms with Gasteiger partial charge in [0, 0.05) is 30.3 Å². The van der Waals surface area contributed by atoms with Crippen molar-refractivity contribution in [3.05, 3.63) is 52.9 Å². The van der Waals surface area contributed by atoms with Gasteiger partial charge in [-0.2, -0.15) is 5.10 Å². The Bertz CT molecular complexity index is 1080. The molecule has 1 unspecified atom stereocenters. The smallest absolute Gasteiger partial charge is 0.167 e. The van der Waals surface area contributed by atoms with Crippen LogP contribution in [0.5, 0.6) is 5.75 Å². The van der Waals surface area contributed by atoms with Crippen LogP contribution in [0.25, 0.3) is 5.65 Å². The lowest BCUT2D eigenvalue weighted by molar-refractivity contribution is 0.112. The normalized spacial score (nSPS) is 19.3. The number of benzene rings is 1. The van der Waals surface area contributed by atoms with Crippen LogP contribution in [-0.2, 0) is 6.42 Å². The van der Waals surface area contributed by atoms with Crippen molar-refractivity contribution >= 4 is 17.8 Å². The van der Waals surface area contributed by atoms with E-state index in [1.54, 1.807) is 26.1 Å². The summed E-state index contributed by atoms with van der Waals surface area (Å²) in [5.74, 6) is -1.07. The maximum atomic E-state index is 14.3. The molecular formula is C19H19F2N5O2. The first-order valence-electron chi connectivity index (χ1n) is 8.81. The average Bonchev–Trinajstić information content (AvgIpc) is 3.25. The van der Waals surface area contributed by atoms with Crippen molar-refractivity contribution in [3.8, 4) is 5.75 Å². The van der Waals surface area contributed by atoms with Crippen molar-refractivity contribution in [1.29, 1.82) is 0 Å². The largest absolute Gasteiger partial charge is 0.485 e. The summed E-state index contributed by atoms with van der Waals surface area (Å²) in [6.07, 6.45) is 3.95. The number of anilines is 1. The van der Waals surface area contributed by atoms with Gasteiger partial charge in [0.15, 0.2) is 23.6 Å². The van der Waals surface area contributed by atoms with Crippen LogP contribution in [0.4, 0.5) is 14.6 Å². The molecule has 1 aliphatic rings. The number of hydrogen-bond acceptors (Lipinski definition) is 6. The number of aromatic nitrogens is 3. The van der Waals surface area contributed by atoms with E-state index in [0.29, 0.717) is 34.6 Å². The van der Waals surface area contributed by atoms with Gasteiger partial charge in [0.2, 0.25) is 0 Å². The van der Waals surface area contributed by atoms with Crippen molar-refractivity contribution in [2.75, 3.05) is 11.9 Å². The van der Waals surface area contributed by atoms with Crippen LogP contribution >= 0.6 is 0 Å². The third-order valence-electron chi connectivity index (χ3n) is 4.98. The monoisotopic (exact) mass is 387 g/mol. The molecule has 3 aromatic rings. The molecule has 0 amide bonds. The fourth-order valence-electron chi connectivity index (χ4n) is 3.40. The number of hydrogen-bond donors (Lipinski definition) is 2. The molecule has 0 fully saturated rings. The molecule has 2 aromatic heterocycles. The van der Waals surface area contributed by atoms with Gasteiger partial charge in [-0.3, -0.25) is 4.79 Å². The molecule has 7 nitrogen and oxygen atoms in total. The highest BCUT2D eigenvalue weighted by molar-refractivity contribution is 5.84. The molecule has 1 aromatic carbocycles. The number of carbonyl (C=O) groups is 1. The molecule has 4 rings (SSSR count).